The molecule has 0 saturated carbocycles. The second-order valence-electron chi connectivity index (χ2n) is 4.99. The van der Waals surface area contributed by atoms with Crippen LogP contribution in [0.15, 0.2) is 48.5 Å². The highest BCUT2D eigenvalue weighted by molar-refractivity contribution is 6.01. The van der Waals surface area contributed by atoms with Crippen LogP contribution in [0, 0.1) is 0 Å². The molecular formula is C19H21NO3. The molecular weight excluding hydrogens is 290 g/mol. The number of anilines is 1. The van der Waals surface area contributed by atoms with Crippen LogP contribution in [0.3, 0.4) is 0 Å². The number of ether oxygens (including phenoxy) is 2. The van der Waals surface area contributed by atoms with E-state index in [1.165, 1.54) is 11.6 Å². The van der Waals surface area contributed by atoms with E-state index in [2.05, 4.69) is 12.2 Å². The van der Waals surface area contributed by atoms with Crippen LogP contribution in [0.2, 0.25) is 0 Å². The molecule has 2 rings (SSSR count). The zero-order valence-electron chi connectivity index (χ0n) is 13.6. The summed E-state index contributed by atoms with van der Waals surface area (Å²) >= 11 is 0. The van der Waals surface area contributed by atoms with Crippen molar-refractivity contribution in [3.63, 3.8) is 0 Å². The second-order valence-corrected chi connectivity index (χ2v) is 4.99. The van der Waals surface area contributed by atoms with Crippen molar-refractivity contribution < 1.29 is 14.3 Å². The van der Waals surface area contributed by atoms with Crippen LogP contribution in [0.1, 0.15) is 18.1 Å². The maximum absolute atomic E-state index is 12.0. The highest BCUT2D eigenvalue weighted by Crippen LogP contribution is 2.27. The molecule has 2 aromatic carbocycles. The van der Waals surface area contributed by atoms with Crippen molar-refractivity contribution in [1.82, 2.24) is 0 Å². The molecule has 0 aliphatic carbocycles. The lowest BCUT2D eigenvalue weighted by atomic mass is 10.1. The zero-order valence-corrected chi connectivity index (χ0v) is 13.6. The molecule has 0 aromatic heterocycles. The number of carbonyl (C=O) groups excluding carboxylic acids is 1. The Hall–Kier alpha value is -2.75. The van der Waals surface area contributed by atoms with E-state index in [4.69, 9.17) is 9.47 Å². The van der Waals surface area contributed by atoms with Crippen molar-refractivity contribution in [3.05, 3.63) is 59.7 Å². The molecule has 0 atom stereocenters. The van der Waals surface area contributed by atoms with Crippen LogP contribution < -0.4 is 14.8 Å². The molecule has 0 aliphatic heterocycles. The van der Waals surface area contributed by atoms with Crippen molar-refractivity contribution in [2.75, 3.05) is 19.5 Å². The summed E-state index contributed by atoms with van der Waals surface area (Å²) in [4.78, 5) is 12.0. The predicted octanol–water partition coefficient (Wildman–Crippen LogP) is 3.92. The summed E-state index contributed by atoms with van der Waals surface area (Å²) in [6, 6.07) is 13.3. The van der Waals surface area contributed by atoms with Gasteiger partial charge in [-0.1, -0.05) is 25.1 Å². The summed E-state index contributed by atoms with van der Waals surface area (Å²) < 4.78 is 10.4. The van der Waals surface area contributed by atoms with Crippen molar-refractivity contribution in [3.8, 4) is 11.5 Å². The third kappa shape index (κ3) is 4.61. The van der Waals surface area contributed by atoms with Gasteiger partial charge in [0.05, 0.1) is 14.2 Å². The maximum atomic E-state index is 12.0. The number of aryl methyl sites for hydroxylation is 1. The highest BCUT2D eigenvalue weighted by Gasteiger charge is 2.03. The number of methoxy groups -OCH3 is 2. The Bertz CT molecular complexity index is 690. The standard InChI is InChI=1S/C19H21NO3/c1-4-14-5-9-16(10-6-14)20-19(21)12-8-15-7-11-17(22-2)18(13-15)23-3/h5-13H,4H2,1-3H3,(H,20,21)/b12-8+. The third-order valence-electron chi connectivity index (χ3n) is 3.46. The van der Waals surface area contributed by atoms with E-state index in [1.54, 1.807) is 26.4 Å². The minimum atomic E-state index is -0.177. The van der Waals surface area contributed by atoms with Gasteiger partial charge in [0, 0.05) is 11.8 Å². The molecule has 0 unspecified atom stereocenters. The van der Waals surface area contributed by atoms with Crippen molar-refractivity contribution >= 4 is 17.7 Å². The molecule has 4 heteroatoms. The van der Waals surface area contributed by atoms with Crippen LogP contribution in [-0.2, 0) is 11.2 Å². The molecule has 0 spiro atoms. The Kier molecular flexibility index (Phi) is 5.80. The number of amides is 1. The van der Waals surface area contributed by atoms with Gasteiger partial charge < -0.3 is 14.8 Å². The lowest BCUT2D eigenvalue weighted by Crippen LogP contribution is -2.07. The van der Waals surface area contributed by atoms with Gasteiger partial charge in [-0.3, -0.25) is 4.79 Å². The Labute approximate surface area is 136 Å². The van der Waals surface area contributed by atoms with E-state index in [1.807, 2.05) is 36.4 Å². The van der Waals surface area contributed by atoms with Crippen molar-refractivity contribution in [2.24, 2.45) is 0 Å². The van der Waals surface area contributed by atoms with E-state index in [9.17, 15) is 4.79 Å². The molecule has 0 heterocycles. The van der Waals surface area contributed by atoms with E-state index < -0.39 is 0 Å². The van der Waals surface area contributed by atoms with Crippen LogP contribution in [0.4, 0.5) is 5.69 Å². The molecule has 0 bridgehead atoms. The largest absolute Gasteiger partial charge is 0.493 e. The molecule has 4 nitrogen and oxygen atoms in total. The Morgan fingerprint density at radius 1 is 1.04 bits per heavy atom. The number of benzene rings is 2. The summed E-state index contributed by atoms with van der Waals surface area (Å²) in [6.07, 6.45) is 4.21. The van der Waals surface area contributed by atoms with Crippen molar-refractivity contribution in [1.29, 1.82) is 0 Å². The summed E-state index contributed by atoms with van der Waals surface area (Å²) in [5.41, 5.74) is 2.88. The van der Waals surface area contributed by atoms with Crippen LogP contribution in [0.5, 0.6) is 11.5 Å². The summed E-state index contributed by atoms with van der Waals surface area (Å²) in [6.45, 7) is 2.10. The first-order chi connectivity index (χ1) is 11.2. The first kappa shape index (κ1) is 16.6. The molecule has 120 valence electrons. The summed E-state index contributed by atoms with van der Waals surface area (Å²) in [5, 5.41) is 2.83. The van der Waals surface area contributed by atoms with E-state index in [0.717, 1.165) is 17.7 Å². The molecule has 0 saturated heterocycles. The van der Waals surface area contributed by atoms with Gasteiger partial charge in [0.15, 0.2) is 11.5 Å². The van der Waals surface area contributed by atoms with Crippen LogP contribution >= 0.6 is 0 Å². The molecule has 0 aliphatic rings. The highest BCUT2D eigenvalue weighted by atomic mass is 16.5. The predicted molar refractivity (Wildman–Crippen MR) is 93.0 cm³/mol. The van der Waals surface area contributed by atoms with Gasteiger partial charge in [-0.15, -0.1) is 0 Å². The van der Waals surface area contributed by atoms with Gasteiger partial charge in [-0.05, 0) is 47.9 Å². The second kappa shape index (κ2) is 8.03. The molecule has 0 radical (unpaired) electrons. The van der Waals surface area contributed by atoms with Crippen LogP contribution in [-0.4, -0.2) is 20.1 Å². The van der Waals surface area contributed by atoms with Gasteiger partial charge in [-0.2, -0.15) is 0 Å². The van der Waals surface area contributed by atoms with Gasteiger partial charge in [-0.25, -0.2) is 0 Å². The van der Waals surface area contributed by atoms with E-state index >= 15 is 0 Å². The molecule has 1 N–H and O–H groups in total. The summed E-state index contributed by atoms with van der Waals surface area (Å²) in [5.74, 6) is 1.11. The smallest absolute Gasteiger partial charge is 0.248 e. The Morgan fingerprint density at radius 2 is 1.74 bits per heavy atom. The Balaban J connectivity index is 2.02. The maximum Gasteiger partial charge on any atom is 0.248 e. The first-order valence-electron chi connectivity index (χ1n) is 7.46. The lowest BCUT2D eigenvalue weighted by molar-refractivity contribution is -0.111. The molecule has 23 heavy (non-hydrogen) atoms. The monoisotopic (exact) mass is 311 g/mol. The normalized spacial score (nSPS) is 10.6. The lowest BCUT2D eigenvalue weighted by Gasteiger charge is -2.07. The zero-order chi connectivity index (χ0) is 16.7. The van der Waals surface area contributed by atoms with Gasteiger partial charge >= 0.3 is 0 Å². The van der Waals surface area contributed by atoms with E-state index in [-0.39, 0.29) is 5.91 Å². The minimum absolute atomic E-state index is 0.177. The van der Waals surface area contributed by atoms with Gasteiger partial charge in [0.25, 0.3) is 0 Å². The average Bonchev–Trinajstić information content (AvgIpc) is 2.60. The van der Waals surface area contributed by atoms with Crippen LogP contribution in [0.25, 0.3) is 6.08 Å². The number of rotatable bonds is 6. The van der Waals surface area contributed by atoms with Crippen molar-refractivity contribution in [2.45, 2.75) is 13.3 Å². The minimum Gasteiger partial charge on any atom is -0.493 e. The molecule has 2 aromatic rings. The molecule has 0 fully saturated rings. The number of hydrogen-bond donors (Lipinski definition) is 1. The van der Waals surface area contributed by atoms with E-state index in [0.29, 0.717) is 11.5 Å². The number of nitrogens with one attached hydrogen (secondary N) is 1. The van der Waals surface area contributed by atoms with Gasteiger partial charge in [0.2, 0.25) is 5.91 Å². The topological polar surface area (TPSA) is 47.6 Å². The number of carbonyl (C=O) groups is 1. The Morgan fingerprint density at radius 3 is 2.35 bits per heavy atom. The fraction of sp³-hybridized carbons (Fsp3) is 0.211. The quantitative estimate of drug-likeness (QED) is 0.823. The first-order valence-corrected chi connectivity index (χ1v) is 7.46. The van der Waals surface area contributed by atoms with Gasteiger partial charge in [0.1, 0.15) is 0 Å². The number of hydrogen-bond acceptors (Lipinski definition) is 3. The third-order valence-corrected chi connectivity index (χ3v) is 3.46. The fourth-order valence-corrected chi connectivity index (χ4v) is 2.14. The molecule has 1 amide bonds. The summed E-state index contributed by atoms with van der Waals surface area (Å²) in [7, 11) is 3.17. The SMILES string of the molecule is CCc1ccc(NC(=O)/C=C/c2ccc(OC)c(OC)c2)cc1. The fourth-order valence-electron chi connectivity index (χ4n) is 2.14. The average molecular weight is 311 g/mol.